The minimum absolute atomic E-state index is 0.112. The van der Waals surface area contributed by atoms with Crippen LogP contribution >= 0.6 is 40.0 Å². The first-order valence-electron chi connectivity index (χ1n) is 14.8. The number of hydrogen-bond donors (Lipinski definition) is 2. The van der Waals surface area contributed by atoms with Crippen LogP contribution in [0.15, 0.2) is 66.9 Å². The van der Waals surface area contributed by atoms with E-state index in [0.717, 1.165) is 33.3 Å². The Kier molecular flexibility index (Phi) is 12.7. The summed E-state index contributed by atoms with van der Waals surface area (Å²) in [6, 6.07) is 19.1. The molecule has 2 N–H and O–H groups in total. The Morgan fingerprint density at radius 3 is 2.50 bits per heavy atom. The summed E-state index contributed by atoms with van der Waals surface area (Å²) in [5, 5.41) is 12.2. The van der Waals surface area contributed by atoms with Crippen LogP contribution in [0.1, 0.15) is 49.5 Å². The Morgan fingerprint density at radius 1 is 1.07 bits per heavy atom. The molecule has 0 saturated carbocycles. The monoisotopic (exact) mass is 777 g/mol. The molecule has 1 atom stereocenters. The van der Waals surface area contributed by atoms with Crippen LogP contribution in [0.5, 0.6) is 0 Å². The second kappa shape index (κ2) is 16.4. The van der Waals surface area contributed by atoms with E-state index in [9.17, 15) is 14.4 Å². The molecule has 0 fully saturated rings. The van der Waals surface area contributed by atoms with Gasteiger partial charge in [-0.3, -0.25) is 4.79 Å². The van der Waals surface area contributed by atoms with Gasteiger partial charge < -0.3 is 25.0 Å². The normalized spacial score (nSPS) is 11.5. The predicted molar refractivity (Wildman–Crippen MR) is 193 cm³/mol. The van der Waals surface area contributed by atoms with E-state index in [4.69, 9.17) is 21.1 Å². The van der Waals surface area contributed by atoms with Gasteiger partial charge in [-0.05, 0) is 78.6 Å². The Hall–Kier alpha value is -3.41. The van der Waals surface area contributed by atoms with Gasteiger partial charge in [0.05, 0.1) is 30.8 Å². The average molecular weight is 778 g/mol. The molecule has 46 heavy (non-hydrogen) atoms. The van der Waals surface area contributed by atoms with E-state index in [0.29, 0.717) is 36.5 Å². The molecule has 1 unspecified atom stereocenters. The highest BCUT2D eigenvalue weighted by Crippen LogP contribution is 2.33. The molecule has 0 aliphatic heterocycles. The number of fused-ring (bicyclic) bond motifs is 1. The predicted octanol–water partition coefficient (Wildman–Crippen LogP) is 7.68. The maximum atomic E-state index is 13.1. The molecule has 0 aliphatic rings. The molecule has 2 amide bonds. The van der Waals surface area contributed by atoms with Crippen LogP contribution in [0.2, 0.25) is 5.02 Å². The third-order valence-electron chi connectivity index (χ3n) is 6.93. The molecule has 4 rings (SSSR count). The SMILES string of the molecule is COC(=O)c1cc(NCCCNC(=O)CCN(Cc2ccc(-c3ccccc3)c(Cl)c2)C(=O)OC(C)(C)C)c2cnn(PI)c2c1. The summed E-state index contributed by atoms with van der Waals surface area (Å²) >= 11 is 8.86. The van der Waals surface area contributed by atoms with Crippen LogP contribution in [0.4, 0.5) is 10.5 Å². The van der Waals surface area contributed by atoms with Crippen molar-refractivity contribution >= 4 is 74.6 Å². The summed E-state index contributed by atoms with van der Waals surface area (Å²) in [4.78, 5) is 39.6. The van der Waals surface area contributed by atoms with Crippen molar-refractivity contribution in [3.63, 3.8) is 0 Å². The summed E-state index contributed by atoms with van der Waals surface area (Å²) in [6.45, 7) is 6.84. The third kappa shape index (κ3) is 9.80. The van der Waals surface area contributed by atoms with E-state index in [2.05, 4.69) is 37.8 Å². The number of rotatable bonds is 13. The van der Waals surface area contributed by atoms with E-state index < -0.39 is 17.7 Å². The molecule has 0 bridgehead atoms. The molecule has 13 heteroatoms. The largest absolute Gasteiger partial charge is 0.465 e. The number of anilines is 1. The highest BCUT2D eigenvalue weighted by Gasteiger charge is 2.23. The fourth-order valence-corrected chi connectivity index (χ4v) is 6.57. The molecule has 3 aromatic carbocycles. The number of nitrogens with zero attached hydrogens (tertiary/aromatic N) is 3. The highest BCUT2D eigenvalue weighted by molar-refractivity contribution is 14.2. The highest BCUT2D eigenvalue weighted by atomic mass is 127. The number of carbonyl (C=O) groups is 3. The number of methoxy groups -OCH3 is 1. The maximum absolute atomic E-state index is 13.1. The number of benzene rings is 3. The topological polar surface area (TPSA) is 115 Å². The summed E-state index contributed by atoms with van der Waals surface area (Å²) < 4.78 is 12.4. The van der Waals surface area contributed by atoms with Gasteiger partial charge in [-0.2, -0.15) is 5.10 Å². The fraction of sp³-hybridized carbons (Fsp3) is 0.333. The third-order valence-corrected chi connectivity index (χ3v) is 9.13. The van der Waals surface area contributed by atoms with Crippen molar-refractivity contribution in [2.24, 2.45) is 0 Å². The summed E-state index contributed by atoms with van der Waals surface area (Å²) in [6.07, 6.45) is 2.40. The lowest BCUT2D eigenvalue weighted by Crippen LogP contribution is -2.39. The van der Waals surface area contributed by atoms with Crippen molar-refractivity contribution in [3.05, 3.63) is 83.0 Å². The maximum Gasteiger partial charge on any atom is 0.410 e. The van der Waals surface area contributed by atoms with Crippen LogP contribution in [0.3, 0.4) is 0 Å². The van der Waals surface area contributed by atoms with Crippen molar-refractivity contribution in [1.82, 2.24) is 19.8 Å². The molecular weight excluding hydrogens is 740 g/mol. The molecule has 1 aromatic heterocycles. The second-order valence-corrected chi connectivity index (χ2v) is 14.0. The first-order chi connectivity index (χ1) is 22.0. The molecule has 0 spiro atoms. The van der Waals surface area contributed by atoms with Gasteiger partial charge in [-0.1, -0.05) is 54.1 Å². The van der Waals surface area contributed by atoms with Crippen molar-refractivity contribution in [3.8, 4) is 11.1 Å². The number of amides is 2. The second-order valence-electron chi connectivity index (χ2n) is 11.6. The zero-order valence-electron chi connectivity index (χ0n) is 26.2. The van der Waals surface area contributed by atoms with E-state index in [1.807, 2.05) is 73.8 Å². The van der Waals surface area contributed by atoms with Crippen LogP contribution in [0, 0.1) is 0 Å². The summed E-state index contributed by atoms with van der Waals surface area (Å²) in [5.41, 5.74) is 4.11. The molecule has 0 saturated heterocycles. The first-order valence-corrected chi connectivity index (χ1v) is 19.2. The summed E-state index contributed by atoms with van der Waals surface area (Å²) in [5.74, 6) is -0.597. The van der Waals surface area contributed by atoms with Crippen molar-refractivity contribution < 1.29 is 23.9 Å². The van der Waals surface area contributed by atoms with Gasteiger partial charge >= 0.3 is 12.1 Å². The first kappa shape index (κ1) is 35.4. The standard InChI is InChI=1S/C33H38ClIN5O5P/c1-33(2,3)45-32(43)39(21-22-11-12-25(27(34)17-22)23-9-6-5-7-10-23)16-13-30(41)37-15-8-14-36-28-18-24(31(42)44-4)19-29-26(28)20-38-40(29)46-35/h5-7,9-12,17-20,36,46H,8,13-16,21H2,1-4H3,(H,37,41). The number of carbonyl (C=O) groups excluding carboxylic acids is 3. The lowest BCUT2D eigenvalue weighted by atomic mass is 10.0. The summed E-state index contributed by atoms with van der Waals surface area (Å²) in [7, 11) is 1.35. The van der Waals surface area contributed by atoms with Crippen LogP contribution in [0.25, 0.3) is 22.0 Å². The van der Waals surface area contributed by atoms with Crippen LogP contribution in [-0.4, -0.2) is 64.8 Å². The van der Waals surface area contributed by atoms with Gasteiger partial charge in [0.15, 0.2) is 0 Å². The molecular formula is C33H38ClIN5O5P. The van der Waals surface area contributed by atoms with Gasteiger partial charge in [-0.15, -0.1) is 0 Å². The van der Waals surface area contributed by atoms with Gasteiger partial charge in [-0.25, -0.2) is 14.0 Å². The lowest BCUT2D eigenvalue weighted by molar-refractivity contribution is -0.121. The van der Waals surface area contributed by atoms with E-state index >= 15 is 0 Å². The number of esters is 1. The Morgan fingerprint density at radius 2 is 1.83 bits per heavy atom. The van der Waals surface area contributed by atoms with E-state index in [-0.39, 0.29) is 25.4 Å². The average Bonchev–Trinajstić information content (AvgIpc) is 3.45. The number of hydrogen-bond acceptors (Lipinski definition) is 7. The molecule has 0 radical (unpaired) electrons. The van der Waals surface area contributed by atoms with Crippen molar-refractivity contribution in [2.75, 3.05) is 32.1 Å². The Bertz CT molecular complexity index is 1680. The minimum atomic E-state index is -0.684. The van der Waals surface area contributed by atoms with Crippen LogP contribution in [-0.2, 0) is 20.8 Å². The van der Waals surface area contributed by atoms with E-state index in [1.165, 1.54) is 12.0 Å². The number of halogens is 2. The quantitative estimate of drug-likeness (QED) is 0.0620. The molecule has 0 aliphatic carbocycles. The van der Waals surface area contributed by atoms with Gasteiger partial charge in [0, 0.05) is 54.3 Å². The smallest absolute Gasteiger partial charge is 0.410 e. The van der Waals surface area contributed by atoms with Crippen molar-refractivity contribution in [2.45, 2.75) is 45.8 Å². The zero-order chi connectivity index (χ0) is 33.3. The van der Waals surface area contributed by atoms with Gasteiger partial charge in [0.1, 0.15) is 5.60 Å². The molecule has 1 heterocycles. The number of aromatic nitrogens is 2. The van der Waals surface area contributed by atoms with E-state index in [1.54, 1.807) is 18.3 Å². The minimum Gasteiger partial charge on any atom is -0.465 e. The fourth-order valence-electron chi connectivity index (χ4n) is 4.73. The number of nitrogens with one attached hydrogen (secondary N) is 2. The number of ether oxygens (including phenoxy) is 2. The lowest BCUT2D eigenvalue weighted by Gasteiger charge is -2.27. The molecule has 4 aromatic rings. The zero-order valence-corrected chi connectivity index (χ0v) is 30.1. The van der Waals surface area contributed by atoms with Gasteiger partial charge in [0.2, 0.25) is 5.91 Å². The Labute approximate surface area is 288 Å². The molecule has 244 valence electrons. The molecule has 10 nitrogen and oxygen atoms in total. The Balaban J connectivity index is 1.32. The van der Waals surface area contributed by atoms with Crippen molar-refractivity contribution in [1.29, 1.82) is 0 Å². The van der Waals surface area contributed by atoms with Crippen LogP contribution < -0.4 is 10.6 Å². The van der Waals surface area contributed by atoms with Gasteiger partial charge in [0.25, 0.3) is 0 Å².